The number of rotatable bonds is 7. The van der Waals surface area contributed by atoms with Crippen molar-refractivity contribution in [2.75, 3.05) is 33.8 Å². The summed E-state index contributed by atoms with van der Waals surface area (Å²) in [7, 11) is 3.53. The van der Waals surface area contributed by atoms with E-state index in [9.17, 15) is 4.79 Å². The summed E-state index contributed by atoms with van der Waals surface area (Å²) in [5, 5.41) is 5.13. The summed E-state index contributed by atoms with van der Waals surface area (Å²) < 4.78 is 11.2. The summed E-state index contributed by atoms with van der Waals surface area (Å²) in [6.07, 6.45) is 1.04. The van der Waals surface area contributed by atoms with Crippen molar-refractivity contribution in [2.24, 2.45) is 5.92 Å². The molecule has 25 heavy (non-hydrogen) atoms. The maximum atomic E-state index is 12.7. The van der Waals surface area contributed by atoms with Gasteiger partial charge < -0.3 is 19.7 Å². The van der Waals surface area contributed by atoms with E-state index in [0.717, 1.165) is 31.7 Å². The Morgan fingerprint density at radius 1 is 1.44 bits per heavy atom. The number of nitrogens with zero attached hydrogens (tertiary/aromatic N) is 2. The van der Waals surface area contributed by atoms with E-state index in [2.05, 4.69) is 10.3 Å². The molecule has 1 aromatic heterocycles. The second kappa shape index (κ2) is 8.31. The van der Waals surface area contributed by atoms with Gasteiger partial charge in [-0.2, -0.15) is 0 Å². The Morgan fingerprint density at radius 3 is 3.04 bits per heavy atom. The Bertz CT molecular complexity index is 706. The zero-order valence-corrected chi connectivity index (χ0v) is 15.3. The van der Waals surface area contributed by atoms with Gasteiger partial charge >= 0.3 is 0 Å². The highest BCUT2D eigenvalue weighted by Gasteiger charge is 2.27. The molecule has 134 valence electrons. The quantitative estimate of drug-likeness (QED) is 0.820. The summed E-state index contributed by atoms with van der Waals surface area (Å²) >= 11 is 1.53. The number of ether oxygens (including phenoxy) is 2. The maximum Gasteiger partial charge on any atom is 0.254 e. The number of carbonyl (C=O) groups is 1. The molecule has 3 rings (SSSR count). The standard InChI is InChI=1S/C18H23N3O3S/c1-19-8-13-5-6-21(9-13)18(22)14-3-4-16(17(7-14)23-2)24-10-15-11-25-12-20-15/h3-4,7,11-13,19H,5-6,8-10H2,1-2H3/t13-/m1/s1. The van der Waals surface area contributed by atoms with Gasteiger partial charge in [0.05, 0.1) is 18.3 Å². The largest absolute Gasteiger partial charge is 0.493 e. The number of thiazole rings is 1. The van der Waals surface area contributed by atoms with Crippen LogP contribution < -0.4 is 14.8 Å². The lowest BCUT2D eigenvalue weighted by Gasteiger charge is -2.18. The first-order valence-corrected chi connectivity index (χ1v) is 9.27. The van der Waals surface area contributed by atoms with Crippen LogP contribution in [0, 0.1) is 5.92 Å². The van der Waals surface area contributed by atoms with Crippen molar-refractivity contribution >= 4 is 17.2 Å². The Kier molecular flexibility index (Phi) is 5.88. The van der Waals surface area contributed by atoms with E-state index < -0.39 is 0 Å². The van der Waals surface area contributed by atoms with Crippen LogP contribution in [0.3, 0.4) is 0 Å². The van der Waals surface area contributed by atoms with Crippen molar-refractivity contribution in [1.82, 2.24) is 15.2 Å². The first kappa shape index (κ1) is 17.7. The summed E-state index contributed by atoms with van der Waals surface area (Å²) in [5.74, 6) is 1.74. The van der Waals surface area contributed by atoms with Gasteiger partial charge in [-0.1, -0.05) is 0 Å². The van der Waals surface area contributed by atoms with E-state index in [4.69, 9.17) is 9.47 Å². The molecular formula is C18H23N3O3S. The molecule has 1 atom stereocenters. The van der Waals surface area contributed by atoms with Crippen molar-refractivity contribution in [2.45, 2.75) is 13.0 Å². The predicted octanol–water partition coefficient (Wildman–Crippen LogP) is 2.41. The van der Waals surface area contributed by atoms with E-state index in [1.54, 1.807) is 30.8 Å². The van der Waals surface area contributed by atoms with Crippen LogP contribution in [-0.2, 0) is 6.61 Å². The monoisotopic (exact) mass is 361 g/mol. The van der Waals surface area contributed by atoms with Crippen LogP contribution in [-0.4, -0.2) is 49.6 Å². The fraction of sp³-hybridized carbons (Fsp3) is 0.444. The third-order valence-electron chi connectivity index (χ3n) is 4.34. The molecule has 1 aliphatic rings. The van der Waals surface area contributed by atoms with Crippen LogP contribution in [0.25, 0.3) is 0 Å². The molecule has 1 amide bonds. The molecule has 1 fully saturated rings. The molecule has 6 nitrogen and oxygen atoms in total. The van der Waals surface area contributed by atoms with Crippen LogP contribution >= 0.6 is 11.3 Å². The normalized spacial score (nSPS) is 16.9. The van der Waals surface area contributed by atoms with Crippen molar-refractivity contribution in [3.05, 3.63) is 40.3 Å². The smallest absolute Gasteiger partial charge is 0.254 e. The Morgan fingerprint density at radius 2 is 2.32 bits per heavy atom. The van der Waals surface area contributed by atoms with Gasteiger partial charge in [-0.3, -0.25) is 4.79 Å². The van der Waals surface area contributed by atoms with Crippen LogP contribution in [0.5, 0.6) is 11.5 Å². The van der Waals surface area contributed by atoms with Crippen LogP contribution in [0.4, 0.5) is 0 Å². The van der Waals surface area contributed by atoms with E-state index in [1.807, 2.05) is 17.3 Å². The summed E-state index contributed by atoms with van der Waals surface area (Å²) in [5.41, 5.74) is 3.28. The molecule has 1 aliphatic heterocycles. The molecule has 7 heteroatoms. The van der Waals surface area contributed by atoms with Crippen molar-refractivity contribution < 1.29 is 14.3 Å². The van der Waals surface area contributed by atoms with Crippen molar-refractivity contribution in [3.63, 3.8) is 0 Å². The lowest BCUT2D eigenvalue weighted by atomic mass is 10.1. The van der Waals surface area contributed by atoms with E-state index in [0.29, 0.717) is 29.6 Å². The van der Waals surface area contributed by atoms with Gasteiger partial charge in [0.1, 0.15) is 6.61 Å². The molecule has 0 radical (unpaired) electrons. The fourth-order valence-electron chi connectivity index (χ4n) is 3.04. The number of amides is 1. The lowest BCUT2D eigenvalue weighted by molar-refractivity contribution is 0.0786. The fourth-order valence-corrected chi connectivity index (χ4v) is 3.58. The SMILES string of the molecule is CNC[C@H]1CCN(C(=O)c2ccc(OCc3cscn3)c(OC)c2)C1. The number of likely N-dealkylation sites (tertiary alicyclic amines) is 1. The van der Waals surface area contributed by atoms with E-state index >= 15 is 0 Å². The molecule has 0 aliphatic carbocycles. The minimum absolute atomic E-state index is 0.0444. The molecular weight excluding hydrogens is 338 g/mol. The molecule has 0 saturated carbocycles. The number of methoxy groups -OCH3 is 1. The van der Waals surface area contributed by atoms with Gasteiger partial charge in [0.2, 0.25) is 0 Å². The average Bonchev–Trinajstić information content (AvgIpc) is 3.31. The number of nitrogens with one attached hydrogen (secondary N) is 1. The topological polar surface area (TPSA) is 63.7 Å². The zero-order chi connectivity index (χ0) is 17.6. The minimum atomic E-state index is 0.0444. The highest BCUT2D eigenvalue weighted by atomic mass is 32.1. The molecule has 1 aromatic carbocycles. The van der Waals surface area contributed by atoms with E-state index in [1.165, 1.54) is 11.3 Å². The molecule has 0 bridgehead atoms. The predicted molar refractivity (Wildman–Crippen MR) is 97.4 cm³/mol. The maximum absolute atomic E-state index is 12.7. The van der Waals surface area contributed by atoms with Gasteiger partial charge in [-0.05, 0) is 44.1 Å². The number of carbonyl (C=O) groups excluding carboxylic acids is 1. The molecule has 0 spiro atoms. The molecule has 2 aromatic rings. The van der Waals surface area contributed by atoms with Gasteiger partial charge in [0, 0.05) is 24.0 Å². The second-order valence-corrected chi connectivity index (χ2v) is 6.82. The lowest BCUT2D eigenvalue weighted by Crippen LogP contribution is -2.30. The first-order chi connectivity index (χ1) is 12.2. The molecule has 2 heterocycles. The first-order valence-electron chi connectivity index (χ1n) is 8.33. The summed E-state index contributed by atoms with van der Waals surface area (Å²) in [4.78, 5) is 18.8. The van der Waals surface area contributed by atoms with Gasteiger partial charge in [-0.25, -0.2) is 4.98 Å². The highest BCUT2D eigenvalue weighted by Crippen LogP contribution is 2.30. The van der Waals surface area contributed by atoms with E-state index in [-0.39, 0.29) is 5.91 Å². The minimum Gasteiger partial charge on any atom is -0.493 e. The zero-order valence-electron chi connectivity index (χ0n) is 14.5. The average molecular weight is 361 g/mol. The molecule has 1 N–H and O–H groups in total. The van der Waals surface area contributed by atoms with Gasteiger partial charge in [0.25, 0.3) is 5.91 Å². The van der Waals surface area contributed by atoms with Crippen molar-refractivity contribution in [1.29, 1.82) is 0 Å². The number of benzene rings is 1. The number of aromatic nitrogens is 1. The Labute approximate surface area is 151 Å². The van der Waals surface area contributed by atoms with Crippen LogP contribution in [0.2, 0.25) is 0 Å². The number of hydrogen-bond donors (Lipinski definition) is 1. The Balaban J connectivity index is 1.67. The number of hydrogen-bond acceptors (Lipinski definition) is 6. The molecule has 0 unspecified atom stereocenters. The van der Waals surface area contributed by atoms with Crippen molar-refractivity contribution in [3.8, 4) is 11.5 Å². The van der Waals surface area contributed by atoms with Crippen LogP contribution in [0.1, 0.15) is 22.5 Å². The Hall–Kier alpha value is -2.12. The highest BCUT2D eigenvalue weighted by molar-refractivity contribution is 7.07. The van der Waals surface area contributed by atoms with Gasteiger partial charge in [-0.15, -0.1) is 11.3 Å². The second-order valence-electron chi connectivity index (χ2n) is 6.10. The van der Waals surface area contributed by atoms with Crippen LogP contribution in [0.15, 0.2) is 29.1 Å². The molecule has 1 saturated heterocycles. The third kappa shape index (κ3) is 4.29. The summed E-state index contributed by atoms with van der Waals surface area (Å²) in [6, 6.07) is 5.34. The van der Waals surface area contributed by atoms with Gasteiger partial charge in [0.15, 0.2) is 11.5 Å². The third-order valence-corrected chi connectivity index (χ3v) is 4.97. The summed E-state index contributed by atoms with van der Waals surface area (Å²) in [6.45, 7) is 2.92.